The Morgan fingerprint density at radius 1 is 0.702 bits per heavy atom. The zero-order valence-corrected chi connectivity index (χ0v) is 31.9. The molecule has 6 aromatic rings. The van der Waals surface area contributed by atoms with Gasteiger partial charge in [-0.3, -0.25) is 19.2 Å². The average Bonchev–Trinajstić information content (AvgIpc) is 3.65. The predicted molar refractivity (Wildman–Crippen MR) is 212 cm³/mol. The third kappa shape index (κ3) is 11.3. The largest absolute Gasteiger partial charge is 0.481 e. The number of carbonyl (C=O) groups excluding carboxylic acids is 4. The lowest BCUT2D eigenvalue weighted by Gasteiger charge is -2.09. The van der Waals surface area contributed by atoms with E-state index in [9.17, 15) is 19.2 Å². The highest BCUT2D eigenvalue weighted by molar-refractivity contribution is 6.47. The van der Waals surface area contributed by atoms with Crippen LogP contribution >= 0.6 is 0 Å². The van der Waals surface area contributed by atoms with Crippen LogP contribution in [0.5, 0.6) is 11.6 Å². The predicted octanol–water partition coefficient (Wildman–Crippen LogP) is 3.69. The Bertz CT molecular complexity index is 2330. The number of hydrogen-bond donors (Lipinski definition) is 4. The molecule has 0 aliphatic rings. The molecule has 6 N–H and O–H groups in total. The minimum absolute atomic E-state index is 0.134. The van der Waals surface area contributed by atoms with Crippen LogP contribution < -0.4 is 20.9 Å². The lowest BCUT2D eigenvalue weighted by atomic mass is 10.0. The van der Waals surface area contributed by atoms with Gasteiger partial charge in [0.15, 0.2) is 25.8 Å². The molecule has 0 spiro atoms. The average molecular weight is 781 g/mol. The van der Waals surface area contributed by atoms with Gasteiger partial charge < -0.3 is 40.3 Å². The van der Waals surface area contributed by atoms with Crippen molar-refractivity contribution in [2.75, 3.05) is 26.8 Å². The summed E-state index contributed by atoms with van der Waals surface area (Å²) >= 11 is 0. The number of aliphatic carboxylic acids is 2. The van der Waals surface area contributed by atoms with Crippen molar-refractivity contribution < 1.29 is 48.5 Å². The molecular weight excluding hydrogens is 736 g/mol. The van der Waals surface area contributed by atoms with Gasteiger partial charge >= 0.3 is 11.9 Å². The summed E-state index contributed by atoms with van der Waals surface area (Å²) in [7, 11) is 1.50. The van der Waals surface area contributed by atoms with Gasteiger partial charge in [0.05, 0.1) is 28.4 Å². The smallest absolute Gasteiger partial charge is 0.341 e. The van der Waals surface area contributed by atoms with E-state index >= 15 is 0 Å². The molecule has 2 aromatic carbocycles. The van der Waals surface area contributed by atoms with Crippen LogP contribution in [-0.4, -0.2) is 92.2 Å². The minimum atomic E-state index is -1.16. The maximum absolute atomic E-state index is 12.7. The molecule has 0 atom stereocenters. The molecule has 0 saturated carbocycles. The summed E-state index contributed by atoms with van der Waals surface area (Å²) in [6.45, 7) is 5.54. The summed E-state index contributed by atoms with van der Waals surface area (Å²) in [5.74, 6) is -3.11. The SMILES string of the molecule is CN.Cc1c(C(=O)C(=O)CN)c2c(OCC(=O)O)ccnc2n1Cc1ccccc1.Cc1c(C)n(Cc2ccccc2)c2ccnc(OCC(=O)O)c12.O=CC=O. The fourth-order valence-corrected chi connectivity index (χ4v) is 5.86. The number of hydrogen-bond acceptors (Lipinski definition) is 12. The van der Waals surface area contributed by atoms with Gasteiger partial charge in [-0.2, -0.15) is 0 Å². The quantitative estimate of drug-likeness (QED) is 0.0700. The lowest BCUT2D eigenvalue weighted by Crippen LogP contribution is -2.24. The first-order valence-corrected chi connectivity index (χ1v) is 17.4. The highest BCUT2D eigenvalue weighted by Crippen LogP contribution is 2.34. The van der Waals surface area contributed by atoms with Crippen LogP contribution in [0.15, 0.2) is 85.2 Å². The van der Waals surface area contributed by atoms with Crippen molar-refractivity contribution in [3.63, 3.8) is 0 Å². The van der Waals surface area contributed by atoms with Crippen LogP contribution in [0.25, 0.3) is 21.9 Å². The zero-order chi connectivity index (χ0) is 42.1. The van der Waals surface area contributed by atoms with Gasteiger partial charge in [0, 0.05) is 36.9 Å². The number of ether oxygens (including phenoxy) is 2. The summed E-state index contributed by atoms with van der Waals surface area (Å²) in [6, 6.07) is 23.2. The number of nitrogens with two attached hydrogens (primary N) is 2. The second-order valence-corrected chi connectivity index (χ2v) is 11.9. The molecule has 0 aliphatic carbocycles. The van der Waals surface area contributed by atoms with Crippen LogP contribution in [0.4, 0.5) is 0 Å². The Morgan fingerprint density at radius 2 is 1.23 bits per heavy atom. The monoisotopic (exact) mass is 780 g/mol. The number of pyridine rings is 2. The summed E-state index contributed by atoms with van der Waals surface area (Å²) < 4.78 is 14.7. The molecular formula is C41H44N6O10. The van der Waals surface area contributed by atoms with Crippen LogP contribution in [0.1, 0.15) is 38.4 Å². The van der Waals surface area contributed by atoms with E-state index in [1.165, 1.54) is 24.9 Å². The molecule has 4 heterocycles. The number of benzene rings is 2. The zero-order valence-electron chi connectivity index (χ0n) is 31.9. The number of fused-ring (bicyclic) bond motifs is 2. The molecule has 16 heteroatoms. The number of carboxylic acid groups (broad SMARTS) is 2. The van der Waals surface area contributed by atoms with E-state index in [1.54, 1.807) is 17.7 Å². The van der Waals surface area contributed by atoms with E-state index in [4.69, 9.17) is 35.0 Å². The highest BCUT2D eigenvalue weighted by atomic mass is 16.5. The lowest BCUT2D eigenvalue weighted by molar-refractivity contribution is -0.140. The van der Waals surface area contributed by atoms with Gasteiger partial charge in [-0.15, -0.1) is 0 Å². The number of aldehydes is 2. The Hall–Kier alpha value is -7.04. The number of aryl methyl sites for hydroxylation is 1. The molecule has 4 aromatic heterocycles. The van der Waals surface area contributed by atoms with Crippen molar-refractivity contribution in [1.82, 2.24) is 19.1 Å². The first-order chi connectivity index (χ1) is 27.4. The normalized spacial score (nSPS) is 10.1. The number of aromatic nitrogens is 4. The summed E-state index contributed by atoms with van der Waals surface area (Å²) in [6.07, 6.45) is 3.51. The van der Waals surface area contributed by atoms with Gasteiger partial charge in [0.25, 0.3) is 0 Å². The Morgan fingerprint density at radius 3 is 1.75 bits per heavy atom. The van der Waals surface area contributed by atoms with Crippen molar-refractivity contribution in [3.05, 3.63) is 119 Å². The molecule has 6 rings (SSSR count). The van der Waals surface area contributed by atoms with E-state index in [0.717, 1.165) is 34.3 Å². The Labute approximate surface area is 327 Å². The van der Waals surface area contributed by atoms with E-state index in [2.05, 4.69) is 39.3 Å². The van der Waals surface area contributed by atoms with E-state index in [-0.39, 0.29) is 23.9 Å². The fourth-order valence-electron chi connectivity index (χ4n) is 5.86. The number of carbonyl (C=O) groups is 6. The highest BCUT2D eigenvalue weighted by Gasteiger charge is 2.27. The van der Waals surface area contributed by atoms with E-state index in [1.807, 2.05) is 61.5 Å². The molecule has 0 aliphatic heterocycles. The van der Waals surface area contributed by atoms with Crippen molar-refractivity contribution in [2.24, 2.45) is 11.5 Å². The molecule has 0 bridgehead atoms. The number of rotatable bonds is 14. The van der Waals surface area contributed by atoms with Crippen molar-refractivity contribution in [1.29, 1.82) is 0 Å². The molecule has 57 heavy (non-hydrogen) atoms. The summed E-state index contributed by atoms with van der Waals surface area (Å²) in [5.41, 5.74) is 16.3. The van der Waals surface area contributed by atoms with E-state index in [0.29, 0.717) is 29.2 Å². The fraction of sp³-hybridized carbons (Fsp3) is 0.220. The summed E-state index contributed by atoms with van der Waals surface area (Å²) in [5, 5.41) is 18.9. The van der Waals surface area contributed by atoms with Gasteiger partial charge in [0.1, 0.15) is 11.4 Å². The Balaban J connectivity index is 0.000000272. The number of carboxylic acids is 2. The van der Waals surface area contributed by atoms with Gasteiger partial charge in [0.2, 0.25) is 17.4 Å². The Kier molecular flexibility index (Phi) is 16.9. The number of Topliss-reactive ketones (excluding diaryl/α,β-unsaturated/α-hetero) is 2. The molecule has 298 valence electrons. The standard InChI is InChI=1S/C20H19N3O5.C18H18N2O3.C2H2O2.CH5N/c1-12-17(19(27)14(24)9-21)18-15(28-11-16(25)26)7-8-22-20(18)23(12)10-13-5-3-2-4-6-13;1-12-13(2)20(10-14-6-4-3-5-7-14)15-8-9-19-18(17(12)15)23-11-16(21)22;3-1-2-4;1-2/h2-8H,9-11,21H2,1H3,(H,25,26);3-9H,10-11H2,1-2H3,(H,21,22);1-2H;2H2,1H3. The molecule has 0 radical (unpaired) electrons. The van der Waals surface area contributed by atoms with Crippen molar-refractivity contribution in [3.8, 4) is 11.6 Å². The first-order valence-electron chi connectivity index (χ1n) is 17.4. The van der Waals surface area contributed by atoms with E-state index < -0.39 is 43.3 Å². The topological polar surface area (TPSA) is 249 Å². The maximum Gasteiger partial charge on any atom is 0.341 e. The van der Waals surface area contributed by atoms with Crippen molar-refractivity contribution >= 4 is 58.0 Å². The van der Waals surface area contributed by atoms with Gasteiger partial charge in [-0.25, -0.2) is 19.6 Å². The summed E-state index contributed by atoms with van der Waals surface area (Å²) in [4.78, 5) is 72.6. The molecule has 16 nitrogen and oxygen atoms in total. The second-order valence-electron chi connectivity index (χ2n) is 11.9. The van der Waals surface area contributed by atoms with Gasteiger partial charge in [-0.05, 0) is 56.6 Å². The molecule has 0 amide bonds. The van der Waals surface area contributed by atoms with Crippen LogP contribution in [-0.2, 0) is 37.1 Å². The number of ketones is 2. The van der Waals surface area contributed by atoms with Crippen molar-refractivity contribution in [2.45, 2.75) is 33.9 Å². The molecule has 0 unspecified atom stereocenters. The minimum Gasteiger partial charge on any atom is -0.481 e. The molecule has 0 saturated heterocycles. The first kappa shape index (κ1) is 44.4. The molecule has 0 fully saturated rings. The third-order valence-electron chi connectivity index (χ3n) is 8.44. The van der Waals surface area contributed by atoms with Crippen LogP contribution in [0, 0.1) is 20.8 Å². The van der Waals surface area contributed by atoms with Crippen LogP contribution in [0.3, 0.4) is 0 Å². The second kappa shape index (κ2) is 21.7. The maximum atomic E-state index is 12.7. The van der Waals surface area contributed by atoms with Gasteiger partial charge in [-0.1, -0.05) is 60.7 Å². The number of nitrogens with zero attached hydrogens (tertiary/aromatic N) is 4. The third-order valence-corrected chi connectivity index (χ3v) is 8.44. The van der Waals surface area contributed by atoms with Crippen LogP contribution in [0.2, 0.25) is 0 Å².